The average molecular weight is 1100 g/mol. The van der Waals surface area contributed by atoms with Gasteiger partial charge in [-0.15, -0.1) is 0 Å². The third-order valence-corrected chi connectivity index (χ3v) is 14.2. The molecule has 1 aliphatic heterocycles. The topological polar surface area (TPSA) is 326 Å². The first kappa shape index (κ1) is 67.2. The summed E-state index contributed by atoms with van der Waals surface area (Å²) in [4.78, 5) is 62.0. The van der Waals surface area contributed by atoms with Crippen molar-refractivity contribution < 1.29 is 81.6 Å². The summed E-state index contributed by atoms with van der Waals surface area (Å²) in [6, 6.07) is 1.23. The fraction of sp³-hybridized carbons (Fsp3) is 0.654. The zero-order valence-electron chi connectivity index (χ0n) is 43.7. The van der Waals surface area contributed by atoms with Crippen LogP contribution >= 0.6 is 15.6 Å². The first-order valence-electron chi connectivity index (χ1n) is 26.3. The molecule has 23 heteroatoms. The highest BCUT2D eigenvalue weighted by Crippen LogP contribution is 2.60. The summed E-state index contributed by atoms with van der Waals surface area (Å²) >= 11 is 0. The molecule has 1 aromatic heterocycles. The van der Waals surface area contributed by atoms with Crippen molar-refractivity contribution in [1.82, 2.24) is 9.55 Å². The van der Waals surface area contributed by atoms with Gasteiger partial charge in [-0.25, -0.2) is 13.9 Å². The van der Waals surface area contributed by atoms with Crippen LogP contribution in [0.2, 0.25) is 0 Å². The van der Waals surface area contributed by atoms with Crippen molar-refractivity contribution in [3.63, 3.8) is 0 Å². The fourth-order valence-corrected chi connectivity index (χ4v) is 9.48. The number of rotatable bonds is 42. The predicted molar refractivity (Wildman–Crippen MR) is 283 cm³/mol. The van der Waals surface area contributed by atoms with E-state index < -0.39 is 102 Å². The number of carbonyl (C=O) groups is 2. The summed E-state index contributed by atoms with van der Waals surface area (Å²) in [7, 11) is -11.0. The van der Waals surface area contributed by atoms with Crippen molar-refractivity contribution in [3.05, 3.63) is 95.7 Å². The monoisotopic (exact) mass is 1100 g/mol. The van der Waals surface area contributed by atoms with Gasteiger partial charge < -0.3 is 55.3 Å². The number of nitrogens with two attached hydrogens (primary N) is 1. The number of anilines is 1. The average Bonchev–Trinajstić information content (AvgIpc) is 3.64. The number of aliphatic hydroxyl groups excluding tert-OH is 5. The number of nitrogen functional groups attached to an aromatic ring is 1. The number of carbonyl (C=O) groups excluding carboxylic acids is 2. The molecule has 9 N–H and O–H groups in total. The van der Waals surface area contributed by atoms with Crippen LogP contribution in [0.25, 0.3) is 0 Å². The summed E-state index contributed by atoms with van der Waals surface area (Å²) in [6.07, 6.45) is 29.0. The van der Waals surface area contributed by atoms with Crippen molar-refractivity contribution in [3.8, 4) is 0 Å². The van der Waals surface area contributed by atoms with E-state index in [1.807, 2.05) is 0 Å². The van der Waals surface area contributed by atoms with Crippen LogP contribution in [0.1, 0.15) is 155 Å². The molecule has 0 radical (unpaired) electrons. The Kier molecular flexibility index (Phi) is 35.3. The number of unbranched alkanes of at least 4 members (excludes halogenated alkanes) is 12. The molecule has 2 unspecified atom stereocenters. The molecule has 0 aliphatic carbocycles. The molecule has 2 heterocycles. The highest BCUT2D eigenvalue weighted by Gasteiger charge is 2.46. The molecule has 0 spiro atoms. The lowest BCUT2D eigenvalue weighted by Gasteiger charge is -2.21. The van der Waals surface area contributed by atoms with E-state index in [2.05, 4.69) is 47.4 Å². The van der Waals surface area contributed by atoms with E-state index >= 15 is 0 Å². The molecular weight excluding hydrogens is 1020 g/mol. The molecule has 1 saturated heterocycles. The third-order valence-electron chi connectivity index (χ3n) is 11.6. The Balaban J connectivity index is 1.88. The van der Waals surface area contributed by atoms with Crippen LogP contribution < -0.4 is 11.4 Å². The lowest BCUT2D eigenvalue weighted by atomic mass is 10.1. The molecule has 1 aromatic rings. The molecule has 426 valence electrons. The van der Waals surface area contributed by atoms with Crippen LogP contribution in [0.5, 0.6) is 0 Å². The Hall–Kier alpha value is -3.92. The number of esters is 2. The van der Waals surface area contributed by atoms with Crippen LogP contribution in [0.3, 0.4) is 0 Å². The summed E-state index contributed by atoms with van der Waals surface area (Å²) in [5.41, 5.74) is 4.56. The summed E-state index contributed by atoms with van der Waals surface area (Å²) in [5, 5.41) is 51.6. The van der Waals surface area contributed by atoms with Crippen LogP contribution in [0.4, 0.5) is 5.82 Å². The Morgan fingerprint density at radius 2 is 1.32 bits per heavy atom. The van der Waals surface area contributed by atoms with E-state index in [-0.39, 0.29) is 31.5 Å². The zero-order valence-corrected chi connectivity index (χ0v) is 45.4. The van der Waals surface area contributed by atoms with Crippen molar-refractivity contribution in [2.24, 2.45) is 0 Å². The number of nitrogens with zero attached hydrogens (tertiary/aromatic N) is 2. The minimum atomic E-state index is -5.51. The maximum atomic E-state index is 12.9. The van der Waals surface area contributed by atoms with Crippen molar-refractivity contribution in [1.29, 1.82) is 0 Å². The van der Waals surface area contributed by atoms with Gasteiger partial charge in [-0.2, -0.15) is 9.29 Å². The maximum Gasteiger partial charge on any atom is 0.481 e. The van der Waals surface area contributed by atoms with Crippen molar-refractivity contribution in [2.75, 3.05) is 25.6 Å². The van der Waals surface area contributed by atoms with E-state index in [1.165, 1.54) is 31.4 Å². The number of phosphoric acid groups is 2. The lowest BCUT2D eigenvalue weighted by molar-refractivity contribution is -0.161. The van der Waals surface area contributed by atoms with Crippen molar-refractivity contribution >= 4 is 33.4 Å². The second-order valence-corrected chi connectivity index (χ2v) is 21.3. The van der Waals surface area contributed by atoms with Crippen LogP contribution in [-0.4, -0.2) is 119 Å². The molecule has 0 aromatic carbocycles. The number of hydrogen-bond acceptors (Lipinski definition) is 18. The molecule has 0 amide bonds. The minimum absolute atomic E-state index is 0.00719. The Morgan fingerprint density at radius 3 is 1.99 bits per heavy atom. The Labute approximate surface area is 442 Å². The number of allylic oxidation sites excluding steroid dienone is 10. The Morgan fingerprint density at radius 1 is 0.733 bits per heavy atom. The summed E-state index contributed by atoms with van der Waals surface area (Å²) in [5.74, 6) is -1.66. The van der Waals surface area contributed by atoms with Gasteiger partial charge in [-0.1, -0.05) is 151 Å². The molecule has 1 aliphatic rings. The van der Waals surface area contributed by atoms with Gasteiger partial charge in [-0.05, 0) is 63.9 Å². The van der Waals surface area contributed by atoms with Crippen LogP contribution in [0.15, 0.2) is 90.0 Å². The minimum Gasteiger partial charge on any atom is -0.462 e. The number of hydrogen-bond donors (Lipinski definition) is 8. The first-order chi connectivity index (χ1) is 35.9. The van der Waals surface area contributed by atoms with Gasteiger partial charge in [0.2, 0.25) is 0 Å². The standard InChI is InChI=1S/C52H85N3O18P2/c1-3-5-7-8-9-10-11-12-13-14-15-16-17-18-19-24-28-34-48(60)71-42(38-68-47(59)35-29-33-44(58)43(57)32-27-23-21-20-22-26-31-41(56)30-25-6-4-2)39-69-74(64,65)73-75(66,67)70-40-45-49(61)50(62)51(72-45)55-37-36-46(53)54-52(55)63/h9-10,12-13,20-23,26-27,31-32,36-37,41-45,49-51,56-58,61-62H,3-8,11,14-19,24-25,28-30,33-35,38-40H2,1-2H3,(H,64,65)(H,66,67)(H2,53,54,63)/b10-9-,13-12-,22-20-,23-21+,31-26+,32-27+/t41-,42-,43-,44-,45-,49-,50-,51-/m1/s1. The first-order valence-corrected chi connectivity index (χ1v) is 29.3. The molecule has 0 saturated carbocycles. The number of aliphatic hydroxyl groups is 5. The largest absolute Gasteiger partial charge is 0.481 e. The molecular formula is C52H85N3O18P2. The van der Waals surface area contributed by atoms with E-state index in [4.69, 9.17) is 29.0 Å². The van der Waals surface area contributed by atoms with E-state index in [1.54, 1.807) is 42.5 Å². The SMILES string of the molecule is CCCCC/C=C\C/C=C\CCCCCCCCCC(=O)O[C@H](COC(=O)CCC[C@@H](O)[C@H](O)/C=C/C=C/C=C\C=C\[C@H](O)CCCCC)COP(=O)(O)OP(=O)(O)OC[C@H]1O[C@@H](n2ccc(N)nc2=O)[C@H](O)[C@@H]1O. The third kappa shape index (κ3) is 31.8. The quantitative estimate of drug-likeness (QED) is 0.0102. The number of phosphoric ester groups is 2. The van der Waals surface area contributed by atoms with Gasteiger partial charge in [0, 0.05) is 19.0 Å². The smallest absolute Gasteiger partial charge is 0.462 e. The number of ether oxygens (including phenoxy) is 3. The molecule has 2 rings (SSSR count). The predicted octanol–water partition coefficient (Wildman–Crippen LogP) is 7.80. The van der Waals surface area contributed by atoms with Gasteiger partial charge in [-0.3, -0.25) is 23.2 Å². The van der Waals surface area contributed by atoms with Gasteiger partial charge >= 0.3 is 33.3 Å². The normalized spacial score (nSPS) is 20.7. The van der Waals surface area contributed by atoms with Crippen LogP contribution in [0, 0.1) is 0 Å². The molecule has 1 fully saturated rings. The molecule has 21 nitrogen and oxygen atoms in total. The highest BCUT2D eigenvalue weighted by atomic mass is 31.3. The summed E-state index contributed by atoms with van der Waals surface area (Å²) < 4.78 is 56.5. The van der Waals surface area contributed by atoms with Gasteiger partial charge in [0.1, 0.15) is 30.7 Å². The van der Waals surface area contributed by atoms with Crippen LogP contribution in [-0.2, 0) is 46.3 Å². The Bertz CT molecular complexity index is 2100. The lowest BCUT2D eigenvalue weighted by Crippen LogP contribution is -2.36. The molecule has 75 heavy (non-hydrogen) atoms. The number of aromatic nitrogens is 2. The van der Waals surface area contributed by atoms with E-state index in [9.17, 15) is 58.8 Å². The van der Waals surface area contributed by atoms with Gasteiger partial charge in [0.05, 0.1) is 31.5 Å². The highest BCUT2D eigenvalue weighted by molar-refractivity contribution is 7.61. The van der Waals surface area contributed by atoms with Crippen molar-refractivity contribution in [2.45, 2.75) is 198 Å². The molecule has 0 bridgehead atoms. The summed E-state index contributed by atoms with van der Waals surface area (Å²) in [6.45, 7) is 1.68. The van der Waals surface area contributed by atoms with Gasteiger partial charge in [0.15, 0.2) is 12.3 Å². The zero-order chi connectivity index (χ0) is 55.3. The van der Waals surface area contributed by atoms with E-state index in [0.717, 1.165) is 87.8 Å². The van der Waals surface area contributed by atoms with E-state index in [0.29, 0.717) is 12.8 Å². The maximum absolute atomic E-state index is 12.9. The van der Waals surface area contributed by atoms with Gasteiger partial charge in [0.25, 0.3) is 0 Å². The second-order valence-electron chi connectivity index (χ2n) is 18.2. The fourth-order valence-electron chi connectivity index (χ4n) is 7.37. The molecule has 10 atom stereocenters. The second kappa shape index (κ2) is 39.4.